The minimum Gasteiger partial charge on any atom is -0.454 e. The highest BCUT2D eigenvalue weighted by Crippen LogP contribution is 2.32. The number of aromatic nitrogens is 1. The minimum absolute atomic E-state index is 0.00607. The quantitative estimate of drug-likeness (QED) is 0.436. The highest BCUT2D eigenvalue weighted by atomic mass is 16.7. The molecule has 2 aliphatic heterocycles. The summed E-state index contributed by atoms with van der Waals surface area (Å²) >= 11 is 0. The Morgan fingerprint density at radius 2 is 1.89 bits per heavy atom. The van der Waals surface area contributed by atoms with E-state index in [9.17, 15) is 14.9 Å². The Balaban J connectivity index is 1.34. The van der Waals surface area contributed by atoms with Crippen LogP contribution in [0.25, 0.3) is 17.0 Å². The molecule has 0 spiro atoms. The molecule has 1 aromatic heterocycles. The van der Waals surface area contributed by atoms with Gasteiger partial charge in [0.25, 0.3) is 5.91 Å². The van der Waals surface area contributed by atoms with Gasteiger partial charge >= 0.3 is 0 Å². The van der Waals surface area contributed by atoms with Gasteiger partial charge in [-0.2, -0.15) is 5.26 Å². The van der Waals surface area contributed by atoms with E-state index in [-0.39, 0.29) is 31.4 Å². The van der Waals surface area contributed by atoms with E-state index in [1.54, 1.807) is 23.1 Å². The van der Waals surface area contributed by atoms with Crippen molar-refractivity contribution in [1.29, 1.82) is 5.26 Å². The second-order valence-corrected chi connectivity index (χ2v) is 8.26. The molecule has 9 nitrogen and oxygen atoms in total. The van der Waals surface area contributed by atoms with Crippen molar-refractivity contribution < 1.29 is 23.8 Å². The number of hydrogen-bond acceptors (Lipinski definition) is 6. The number of carbonyl (C=O) groups is 2. The van der Waals surface area contributed by atoms with Crippen molar-refractivity contribution in [1.82, 2.24) is 14.8 Å². The number of ether oxygens (including phenoxy) is 3. The SMILES string of the molecule is N#C/C(=C\c1cn(CC(=O)N2CCOCC2)c2ccccc12)C(=O)NCc1ccc2c(c1)OCO2. The molecule has 2 amide bonds. The molecule has 0 aliphatic carbocycles. The number of nitriles is 1. The van der Waals surface area contributed by atoms with Gasteiger partial charge in [-0.3, -0.25) is 9.59 Å². The van der Waals surface area contributed by atoms with Gasteiger partial charge in [0.1, 0.15) is 18.2 Å². The van der Waals surface area contributed by atoms with Crippen molar-refractivity contribution in [3.8, 4) is 17.6 Å². The van der Waals surface area contributed by atoms with Gasteiger partial charge in [-0.1, -0.05) is 24.3 Å². The third kappa shape index (κ3) is 4.83. The first-order valence-corrected chi connectivity index (χ1v) is 11.3. The standard InChI is InChI=1S/C26H24N4O5/c27-13-19(26(32)28-14-18-5-6-23-24(11-18)35-17-34-23)12-20-15-30(22-4-2-1-3-21(20)22)16-25(31)29-7-9-33-10-8-29/h1-6,11-12,15H,7-10,14,16-17H2,(H,28,32)/b19-12+. The number of para-hydroxylation sites is 1. The first-order chi connectivity index (χ1) is 17.1. The lowest BCUT2D eigenvalue weighted by molar-refractivity contribution is -0.135. The maximum atomic E-state index is 12.8. The lowest BCUT2D eigenvalue weighted by Crippen LogP contribution is -2.42. The summed E-state index contributed by atoms with van der Waals surface area (Å²) in [5, 5.41) is 13.3. The normalized spacial score (nSPS) is 15.2. The number of morpholine rings is 1. The van der Waals surface area contributed by atoms with Gasteiger partial charge in [0.05, 0.1) is 13.2 Å². The lowest BCUT2D eigenvalue weighted by Gasteiger charge is -2.27. The fourth-order valence-electron chi connectivity index (χ4n) is 4.21. The van der Waals surface area contributed by atoms with E-state index in [0.717, 1.165) is 16.5 Å². The van der Waals surface area contributed by atoms with Crippen molar-refractivity contribution in [3.05, 3.63) is 65.4 Å². The number of rotatable bonds is 6. The first-order valence-electron chi connectivity index (χ1n) is 11.3. The molecule has 3 heterocycles. The zero-order valence-corrected chi connectivity index (χ0v) is 19.0. The summed E-state index contributed by atoms with van der Waals surface area (Å²) in [6.07, 6.45) is 3.37. The van der Waals surface area contributed by atoms with Gasteiger partial charge in [0.2, 0.25) is 12.7 Å². The smallest absolute Gasteiger partial charge is 0.262 e. The van der Waals surface area contributed by atoms with Crippen molar-refractivity contribution in [2.45, 2.75) is 13.1 Å². The molecule has 0 saturated carbocycles. The molecule has 0 unspecified atom stereocenters. The third-order valence-electron chi connectivity index (χ3n) is 6.04. The van der Waals surface area contributed by atoms with Gasteiger partial charge in [-0.15, -0.1) is 0 Å². The summed E-state index contributed by atoms with van der Waals surface area (Å²) in [6, 6.07) is 15.1. The zero-order valence-electron chi connectivity index (χ0n) is 19.0. The summed E-state index contributed by atoms with van der Waals surface area (Å²) in [6.45, 7) is 2.83. The van der Waals surface area contributed by atoms with Crippen molar-refractivity contribution in [3.63, 3.8) is 0 Å². The summed E-state index contributed by atoms with van der Waals surface area (Å²) < 4.78 is 17.9. The van der Waals surface area contributed by atoms with Crippen LogP contribution in [-0.4, -0.2) is 54.4 Å². The average molecular weight is 473 g/mol. The Morgan fingerprint density at radius 3 is 2.71 bits per heavy atom. The van der Waals surface area contributed by atoms with Crippen LogP contribution in [0.5, 0.6) is 11.5 Å². The molecule has 35 heavy (non-hydrogen) atoms. The molecule has 1 fully saturated rings. The Morgan fingerprint density at radius 1 is 1.09 bits per heavy atom. The van der Waals surface area contributed by atoms with Crippen molar-refractivity contribution in [2.75, 3.05) is 33.1 Å². The molecule has 2 aliphatic rings. The van der Waals surface area contributed by atoms with Crippen molar-refractivity contribution >= 4 is 28.8 Å². The van der Waals surface area contributed by atoms with E-state index < -0.39 is 5.91 Å². The highest BCUT2D eigenvalue weighted by molar-refractivity contribution is 6.04. The monoisotopic (exact) mass is 472 g/mol. The molecule has 5 rings (SSSR count). The van der Waals surface area contributed by atoms with E-state index in [1.165, 1.54) is 0 Å². The summed E-state index contributed by atoms with van der Waals surface area (Å²) in [5.41, 5.74) is 2.37. The number of benzene rings is 2. The molecule has 2 aromatic carbocycles. The third-order valence-corrected chi connectivity index (χ3v) is 6.04. The van der Waals surface area contributed by atoms with Crippen LogP contribution in [0.2, 0.25) is 0 Å². The number of carbonyl (C=O) groups excluding carboxylic acids is 2. The Kier molecular flexibility index (Phi) is 6.37. The molecule has 9 heteroatoms. The second-order valence-electron chi connectivity index (χ2n) is 8.26. The molecule has 0 atom stereocenters. The van der Waals surface area contributed by atoms with E-state index in [2.05, 4.69) is 5.32 Å². The van der Waals surface area contributed by atoms with Crippen LogP contribution in [-0.2, 0) is 27.4 Å². The maximum absolute atomic E-state index is 12.8. The summed E-state index contributed by atoms with van der Waals surface area (Å²) in [5.74, 6) is 0.825. The maximum Gasteiger partial charge on any atom is 0.262 e. The molecular weight excluding hydrogens is 448 g/mol. The van der Waals surface area contributed by atoms with E-state index in [4.69, 9.17) is 14.2 Å². The molecule has 178 valence electrons. The van der Waals surface area contributed by atoms with Gasteiger partial charge in [-0.25, -0.2) is 0 Å². The molecular formula is C26H24N4O5. The van der Waals surface area contributed by atoms with Crippen LogP contribution in [0.1, 0.15) is 11.1 Å². The number of amides is 2. The Bertz CT molecular complexity index is 1350. The van der Waals surface area contributed by atoms with Crippen LogP contribution in [0, 0.1) is 11.3 Å². The second kappa shape index (κ2) is 9.91. The molecule has 1 saturated heterocycles. The fraction of sp³-hybridized carbons (Fsp3) is 0.269. The van der Waals surface area contributed by atoms with Gasteiger partial charge in [-0.05, 0) is 29.8 Å². The zero-order chi connectivity index (χ0) is 24.2. The Labute approximate surface area is 202 Å². The van der Waals surface area contributed by atoms with Crippen LogP contribution in [0.4, 0.5) is 0 Å². The van der Waals surface area contributed by atoms with Crippen LogP contribution >= 0.6 is 0 Å². The van der Waals surface area contributed by atoms with Gasteiger partial charge in [0.15, 0.2) is 11.5 Å². The predicted molar refractivity (Wildman–Crippen MR) is 127 cm³/mol. The number of nitrogens with zero attached hydrogens (tertiary/aromatic N) is 3. The average Bonchev–Trinajstić information content (AvgIpc) is 3.50. The topological polar surface area (TPSA) is 106 Å². The minimum atomic E-state index is -0.480. The number of fused-ring (bicyclic) bond motifs is 2. The lowest BCUT2D eigenvalue weighted by atomic mass is 10.1. The largest absolute Gasteiger partial charge is 0.454 e. The van der Waals surface area contributed by atoms with E-state index >= 15 is 0 Å². The van der Waals surface area contributed by atoms with Crippen molar-refractivity contribution in [2.24, 2.45) is 0 Å². The van der Waals surface area contributed by atoms with E-state index in [0.29, 0.717) is 43.4 Å². The van der Waals surface area contributed by atoms with Gasteiger partial charge < -0.3 is 29.0 Å². The summed E-state index contributed by atoms with van der Waals surface area (Å²) in [7, 11) is 0. The van der Waals surface area contributed by atoms with Crippen LogP contribution in [0.3, 0.4) is 0 Å². The molecule has 0 radical (unpaired) electrons. The van der Waals surface area contributed by atoms with Gasteiger partial charge in [0, 0.05) is 42.3 Å². The summed E-state index contributed by atoms with van der Waals surface area (Å²) in [4.78, 5) is 27.4. The Hall–Kier alpha value is -4.29. The van der Waals surface area contributed by atoms with Crippen LogP contribution in [0.15, 0.2) is 54.2 Å². The van der Waals surface area contributed by atoms with Crippen LogP contribution < -0.4 is 14.8 Å². The molecule has 1 N–H and O–H groups in total. The highest BCUT2D eigenvalue weighted by Gasteiger charge is 2.19. The first kappa shape index (κ1) is 22.5. The predicted octanol–water partition coefficient (Wildman–Crippen LogP) is 2.45. The molecule has 3 aromatic rings. The number of nitrogens with one attached hydrogen (secondary N) is 1. The fourth-order valence-corrected chi connectivity index (χ4v) is 4.21. The molecule has 0 bridgehead atoms. The number of hydrogen-bond donors (Lipinski definition) is 1. The van der Waals surface area contributed by atoms with E-state index in [1.807, 2.05) is 47.2 Å².